The molecular formula is C27H32FN7O7S. The van der Waals surface area contributed by atoms with Crippen molar-refractivity contribution in [1.29, 1.82) is 0 Å². The Morgan fingerprint density at radius 3 is 2.42 bits per heavy atom. The number of nitrogens with one attached hydrogen (secondary N) is 1. The average molecular weight is 618 g/mol. The quantitative estimate of drug-likeness (QED) is 0.259. The SMILES string of the molecule is CCOC(=O)[C@@H]1C[C@H](S(=O)(=O)Nc2nnc(-c3ccc(C)o3)n2-c2c(OC)cccc2OC)CN(c2ncc(F)cn2)C1.[HH]. The van der Waals surface area contributed by atoms with Gasteiger partial charge in [0, 0.05) is 14.5 Å². The summed E-state index contributed by atoms with van der Waals surface area (Å²) < 4.78 is 67.7. The van der Waals surface area contributed by atoms with E-state index in [1.54, 1.807) is 44.2 Å². The second-order valence-electron chi connectivity index (χ2n) is 9.66. The number of aryl methyl sites for hydroxylation is 1. The van der Waals surface area contributed by atoms with Gasteiger partial charge in [-0.2, -0.15) is 0 Å². The first kappa shape index (κ1) is 29.8. The number of methoxy groups -OCH3 is 2. The van der Waals surface area contributed by atoms with E-state index in [1.807, 2.05) is 0 Å². The molecule has 0 radical (unpaired) electrons. The van der Waals surface area contributed by atoms with Gasteiger partial charge in [-0.05, 0) is 44.5 Å². The summed E-state index contributed by atoms with van der Waals surface area (Å²) in [5.74, 6) is -0.317. The molecular weight excluding hydrogens is 585 g/mol. The van der Waals surface area contributed by atoms with Gasteiger partial charge >= 0.3 is 5.97 Å². The van der Waals surface area contributed by atoms with E-state index >= 15 is 0 Å². The first-order valence-corrected chi connectivity index (χ1v) is 14.8. The van der Waals surface area contributed by atoms with Gasteiger partial charge in [-0.1, -0.05) is 6.07 Å². The van der Waals surface area contributed by atoms with Crippen molar-refractivity contribution in [3.8, 4) is 28.8 Å². The van der Waals surface area contributed by atoms with Crippen LogP contribution in [0.1, 0.15) is 20.5 Å². The molecule has 1 aliphatic rings. The number of esters is 1. The molecule has 14 nitrogen and oxygen atoms in total. The molecule has 1 aromatic carbocycles. The molecule has 1 fully saturated rings. The molecule has 1 aliphatic heterocycles. The highest BCUT2D eigenvalue weighted by molar-refractivity contribution is 7.93. The maximum Gasteiger partial charge on any atom is 0.310 e. The summed E-state index contributed by atoms with van der Waals surface area (Å²) in [5, 5.41) is 7.25. The normalized spacial score (nSPS) is 17.0. The number of para-hydroxylation sites is 1. The molecule has 0 bridgehead atoms. The molecule has 4 aromatic rings. The summed E-state index contributed by atoms with van der Waals surface area (Å²) in [6, 6.07) is 8.50. The summed E-state index contributed by atoms with van der Waals surface area (Å²) in [5.41, 5.74) is 0.327. The predicted molar refractivity (Wildman–Crippen MR) is 154 cm³/mol. The molecule has 0 spiro atoms. The number of furan rings is 1. The van der Waals surface area contributed by atoms with Crippen molar-refractivity contribution in [3.63, 3.8) is 0 Å². The Hall–Kier alpha value is -4.73. The van der Waals surface area contributed by atoms with E-state index in [-0.39, 0.29) is 45.3 Å². The number of rotatable bonds is 10. The highest BCUT2D eigenvalue weighted by Crippen LogP contribution is 2.38. The number of aromatic nitrogens is 5. The highest BCUT2D eigenvalue weighted by Gasteiger charge is 2.41. The van der Waals surface area contributed by atoms with Gasteiger partial charge in [0.15, 0.2) is 11.6 Å². The fraction of sp³-hybridized carbons (Fsp3) is 0.370. The van der Waals surface area contributed by atoms with Crippen molar-refractivity contribution in [3.05, 3.63) is 54.3 Å². The Morgan fingerprint density at radius 1 is 1.12 bits per heavy atom. The number of hydrogen-bond acceptors (Lipinski definition) is 12. The topological polar surface area (TPSA) is 164 Å². The number of carbonyl (C=O) groups excluding carboxylic acids is 1. The van der Waals surface area contributed by atoms with E-state index in [0.717, 1.165) is 12.4 Å². The molecule has 1 saturated heterocycles. The number of hydrogen-bond donors (Lipinski definition) is 1. The van der Waals surface area contributed by atoms with Crippen molar-refractivity contribution in [2.45, 2.75) is 25.5 Å². The van der Waals surface area contributed by atoms with Crippen LogP contribution in [0, 0.1) is 18.7 Å². The molecule has 2 atom stereocenters. The largest absolute Gasteiger partial charge is 0.494 e. The minimum absolute atomic E-state index is 0. The number of sulfonamides is 1. The zero-order chi connectivity index (χ0) is 30.7. The van der Waals surface area contributed by atoms with E-state index in [0.29, 0.717) is 28.7 Å². The maximum atomic E-state index is 14.0. The van der Waals surface area contributed by atoms with Crippen LogP contribution in [-0.4, -0.2) is 78.3 Å². The van der Waals surface area contributed by atoms with Crippen LogP contribution in [0.4, 0.5) is 16.3 Å². The van der Waals surface area contributed by atoms with E-state index in [9.17, 15) is 17.6 Å². The van der Waals surface area contributed by atoms with Crippen molar-refractivity contribution in [1.82, 2.24) is 24.7 Å². The smallest absolute Gasteiger partial charge is 0.310 e. The third kappa shape index (κ3) is 6.09. The number of nitrogens with zero attached hydrogens (tertiary/aromatic N) is 6. The summed E-state index contributed by atoms with van der Waals surface area (Å²) in [4.78, 5) is 22.2. The lowest BCUT2D eigenvalue weighted by molar-refractivity contribution is -0.148. The van der Waals surface area contributed by atoms with E-state index in [1.165, 1.54) is 23.7 Å². The molecule has 3 aromatic heterocycles. The number of benzene rings is 1. The molecule has 43 heavy (non-hydrogen) atoms. The van der Waals surface area contributed by atoms with Gasteiger partial charge < -0.3 is 23.5 Å². The lowest BCUT2D eigenvalue weighted by Gasteiger charge is -2.36. The van der Waals surface area contributed by atoms with Crippen LogP contribution >= 0.6 is 0 Å². The van der Waals surface area contributed by atoms with Crippen molar-refractivity contribution >= 4 is 27.9 Å². The molecule has 0 unspecified atom stereocenters. The minimum Gasteiger partial charge on any atom is -0.494 e. The number of anilines is 2. The molecule has 0 saturated carbocycles. The van der Waals surface area contributed by atoms with E-state index in [4.69, 9.17) is 18.6 Å². The van der Waals surface area contributed by atoms with Gasteiger partial charge in [-0.25, -0.2) is 22.8 Å². The Balaban J connectivity index is 0.00000442. The second kappa shape index (κ2) is 12.2. The Morgan fingerprint density at radius 2 is 1.81 bits per heavy atom. The van der Waals surface area contributed by atoms with Crippen molar-refractivity contribution in [2.24, 2.45) is 5.92 Å². The first-order valence-electron chi connectivity index (χ1n) is 13.3. The summed E-state index contributed by atoms with van der Waals surface area (Å²) in [6.07, 6.45) is 1.89. The third-order valence-electron chi connectivity index (χ3n) is 6.84. The van der Waals surface area contributed by atoms with Crippen LogP contribution in [0.2, 0.25) is 0 Å². The molecule has 5 rings (SSSR count). The second-order valence-corrected chi connectivity index (χ2v) is 11.6. The minimum atomic E-state index is -4.26. The van der Waals surface area contributed by atoms with Gasteiger partial charge in [-0.15, -0.1) is 10.2 Å². The third-order valence-corrected chi connectivity index (χ3v) is 8.53. The summed E-state index contributed by atoms with van der Waals surface area (Å²) in [6.45, 7) is 3.54. The summed E-state index contributed by atoms with van der Waals surface area (Å²) in [7, 11) is -1.33. The molecule has 1 N–H and O–H groups in total. The van der Waals surface area contributed by atoms with Gasteiger partial charge in [0.05, 0.1) is 44.4 Å². The Kier molecular flexibility index (Phi) is 8.47. The zero-order valence-corrected chi connectivity index (χ0v) is 24.7. The number of ether oxygens (including phenoxy) is 3. The number of piperidine rings is 1. The van der Waals surface area contributed by atoms with Gasteiger partial charge in [0.25, 0.3) is 0 Å². The Labute approximate surface area is 248 Å². The van der Waals surface area contributed by atoms with Crippen LogP contribution < -0.4 is 19.1 Å². The fourth-order valence-corrected chi connectivity index (χ4v) is 6.29. The lowest BCUT2D eigenvalue weighted by Crippen LogP contribution is -2.50. The van der Waals surface area contributed by atoms with Crippen LogP contribution in [0.25, 0.3) is 17.3 Å². The monoisotopic (exact) mass is 617 g/mol. The summed E-state index contributed by atoms with van der Waals surface area (Å²) >= 11 is 0. The van der Waals surface area contributed by atoms with Crippen molar-refractivity contribution < 1.29 is 37.7 Å². The zero-order valence-electron chi connectivity index (χ0n) is 23.9. The van der Waals surface area contributed by atoms with Crippen LogP contribution in [-0.2, 0) is 19.6 Å². The maximum absolute atomic E-state index is 14.0. The van der Waals surface area contributed by atoms with Crippen molar-refractivity contribution in [2.75, 3.05) is 43.5 Å². The standard InChI is InChI=1S/C27H30FN7O7S.H2/c1-5-41-25(36)17-11-19(15-34(14-17)26-29-12-18(28)13-30-26)43(37,38)33-27-32-31-24(22-10-9-16(2)42-22)35(27)23-20(39-3)7-6-8-21(23)40-4;/h6-10,12-13,17,19H,5,11,14-15H2,1-4H3,(H,32,33);1H/t17-,19+;/m1./s1. The highest BCUT2D eigenvalue weighted by atomic mass is 32.2. The van der Waals surface area contributed by atoms with Gasteiger partial charge in [-0.3, -0.25) is 14.1 Å². The number of halogens is 1. The van der Waals surface area contributed by atoms with E-state index in [2.05, 4.69) is 24.9 Å². The van der Waals surface area contributed by atoms with Crippen LogP contribution in [0.3, 0.4) is 0 Å². The molecule has 0 amide bonds. The number of carbonyl (C=O) groups is 1. The molecule has 4 heterocycles. The first-order chi connectivity index (χ1) is 20.6. The predicted octanol–water partition coefficient (Wildman–Crippen LogP) is 3.23. The molecule has 0 aliphatic carbocycles. The molecule has 230 valence electrons. The van der Waals surface area contributed by atoms with Gasteiger partial charge in [0.1, 0.15) is 22.9 Å². The van der Waals surface area contributed by atoms with Gasteiger partial charge in [0.2, 0.25) is 27.7 Å². The average Bonchev–Trinajstić information content (AvgIpc) is 3.62. The van der Waals surface area contributed by atoms with E-state index < -0.39 is 33.0 Å². The fourth-order valence-electron chi connectivity index (χ4n) is 4.88. The van der Waals surface area contributed by atoms with Crippen LogP contribution in [0.15, 0.2) is 47.1 Å². The van der Waals surface area contributed by atoms with Crippen LogP contribution in [0.5, 0.6) is 11.5 Å². The Bertz CT molecular complexity index is 1690. The lowest BCUT2D eigenvalue weighted by atomic mass is 9.98. The molecule has 16 heteroatoms.